The van der Waals surface area contributed by atoms with Crippen LogP contribution in [-0.2, 0) is 10.1 Å². The molecule has 0 heterocycles. The minimum absolute atomic E-state index is 0.110. The molecule has 0 atom stereocenters. The van der Waals surface area contributed by atoms with Crippen molar-refractivity contribution in [1.82, 2.24) is 0 Å². The van der Waals surface area contributed by atoms with E-state index in [4.69, 9.17) is 4.55 Å². The van der Waals surface area contributed by atoms with Crippen LogP contribution >= 0.6 is 0 Å². The normalized spacial score (nSPS) is 12.1. The Morgan fingerprint density at radius 2 is 1.61 bits per heavy atom. The zero-order valence-electron chi connectivity index (χ0n) is 9.29. The Labute approximate surface area is 104 Å². The summed E-state index contributed by atoms with van der Waals surface area (Å²) in [5.74, 6) is 0. The topological polar surface area (TPSA) is 54.4 Å². The van der Waals surface area contributed by atoms with Crippen LogP contribution in [-0.4, -0.2) is 13.0 Å². The van der Waals surface area contributed by atoms with Crippen molar-refractivity contribution in [3.8, 4) is 0 Å². The fraction of sp³-hybridized carbons (Fsp3) is 0. The van der Waals surface area contributed by atoms with Gasteiger partial charge in [-0.2, -0.15) is 8.42 Å². The van der Waals surface area contributed by atoms with Crippen LogP contribution in [0.5, 0.6) is 0 Å². The molecule has 1 N–H and O–H groups in total. The van der Waals surface area contributed by atoms with Crippen LogP contribution in [0, 0.1) is 6.07 Å². The molecule has 18 heavy (non-hydrogen) atoms. The van der Waals surface area contributed by atoms with Gasteiger partial charge in [-0.25, -0.2) is 0 Å². The van der Waals surface area contributed by atoms with Crippen molar-refractivity contribution >= 4 is 31.7 Å². The van der Waals surface area contributed by atoms with Gasteiger partial charge < -0.3 is 0 Å². The van der Waals surface area contributed by atoms with Gasteiger partial charge in [-0.3, -0.25) is 4.55 Å². The van der Waals surface area contributed by atoms with Gasteiger partial charge in [0.1, 0.15) is 0 Å². The van der Waals surface area contributed by atoms with Crippen LogP contribution < -0.4 is 0 Å². The van der Waals surface area contributed by atoms with Gasteiger partial charge >= 0.3 is 0 Å². The van der Waals surface area contributed by atoms with Crippen LogP contribution in [0.2, 0.25) is 0 Å². The Morgan fingerprint density at radius 3 is 2.39 bits per heavy atom. The van der Waals surface area contributed by atoms with E-state index in [1.165, 1.54) is 12.1 Å². The van der Waals surface area contributed by atoms with Crippen molar-refractivity contribution in [2.75, 3.05) is 0 Å². The molecule has 1 radical (unpaired) electrons. The Bertz CT molecular complexity index is 851. The van der Waals surface area contributed by atoms with Crippen molar-refractivity contribution < 1.29 is 13.0 Å². The molecule has 0 aliphatic heterocycles. The maximum absolute atomic E-state index is 11.1. The fourth-order valence-electron chi connectivity index (χ4n) is 1.98. The van der Waals surface area contributed by atoms with Crippen molar-refractivity contribution in [1.29, 1.82) is 0 Å². The van der Waals surface area contributed by atoms with E-state index in [1.54, 1.807) is 6.07 Å². The number of hydrogen-bond donors (Lipinski definition) is 1. The molecular formula is C14H9O3S. The predicted octanol–water partition coefficient (Wildman–Crippen LogP) is 3.04. The summed E-state index contributed by atoms with van der Waals surface area (Å²) >= 11 is 0. The Hall–Kier alpha value is -1.91. The quantitative estimate of drug-likeness (QED) is 0.538. The number of benzene rings is 3. The summed E-state index contributed by atoms with van der Waals surface area (Å²) in [4.78, 5) is -0.110. The number of fused-ring (bicyclic) bond motifs is 2. The van der Waals surface area contributed by atoms with Crippen LogP contribution in [0.1, 0.15) is 0 Å². The van der Waals surface area contributed by atoms with Gasteiger partial charge in [0.2, 0.25) is 0 Å². The lowest BCUT2D eigenvalue weighted by Gasteiger charge is -2.03. The molecule has 4 heteroatoms. The highest BCUT2D eigenvalue weighted by Gasteiger charge is 2.10. The predicted molar refractivity (Wildman–Crippen MR) is 70.1 cm³/mol. The van der Waals surface area contributed by atoms with Crippen molar-refractivity contribution in [3.05, 3.63) is 54.6 Å². The van der Waals surface area contributed by atoms with Crippen LogP contribution in [0.15, 0.2) is 53.4 Å². The van der Waals surface area contributed by atoms with E-state index >= 15 is 0 Å². The molecule has 0 aliphatic rings. The number of hydrogen-bond acceptors (Lipinski definition) is 2. The first kappa shape index (κ1) is 11.2. The second-order valence-corrected chi connectivity index (χ2v) is 5.50. The zero-order valence-corrected chi connectivity index (χ0v) is 10.1. The van der Waals surface area contributed by atoms with Gasteiger partial charge in [0, 0.05) is 0 Å². The van der Waals surface area contributed by atoms with Gasteiger partial charge in [-0.05, 0) is 45.8 Å². The van der Waals surface area contributed by atoms with Gasteiger partial charge in [-0.15, -0.1) is 0 Å². The van der Waals surface area contributed by atoms with E-state index in [0.29, 0.717) is 5.39 Å². The molecule has 0 unspecified atom stereocenters. The molecule has 0 amide bonds. The Morgan fingerprint density at radius 1 is 0.889 bits per heavy atom. The van der Waals surface area contributed by atoms with Crippen molar-refractivity contribution in [2.45, 2.75) is 4.90 Å². The molecule has 0 spiro atoms. The van der Waals surface area contributed by atoms with Gasteiger partial charge in [0.15, 0.2) is 0 Å². The monoisotopic (exact) mass is 257 g/mol. The summed E-state index contributed by atoms with van der Waals surface area (Å²) in [5.41, 5.74) is 0. The summed E-state index contributed by atoms with van der Waals surface area (Å²) in [7, 11) is -4.17. The first-order valence-corrected chi connectivity index (χ1v) is 6.80. The average Bonchev–Trinajstić information content (AvgIpc) is 2.34. The van der Waals surface area contributed by atoms with Gasteiger partial charge in [0.05, 0.1) is 4.90 Å². The summed E-state index contributed by atoms with van der Waals surface area (Å²) < 4.78 is 31.2. The van der Waals surface area contributed by atoms with E-state index in [2.05, 4.69) is 6.07 Å². The highest BCUT2D eigenvalue weighted by molar-refractivity contribution is 7.85. The molecule has 0 aliphatic carbocycles. The fourth-order valence-corrected chi connectivity index (χ4v) is 2.49. The summed E-state index contributed by atoms with van der Waals surface area (Å²) in [6.45, 7) is 0. The zero-order chi connectivity index (χ0) is 12.8. The molecule has 0 fully saturated rings. The standard InChI is InChI=1S/C14H9O3S/c15-18(16,17)14-6-5-12-7-10-3-1-2-4-11(10)8-13(12)9-14/h1-7,9H,(H,15,16,17). The summed E-state index contributed by atoms with van der Waals surface area (Å²) in [5, 5.41) is 3.52. The lowest BCUT2D eigenvalue weighted by molar-refractivity contribution is 0.483. The minimum Gasteiger partial charge on any atom is -0.282 e. The molecule has 89 valence electrons. The third-order valence-electron chi connectivity index (χ3n) is 2.86. The Kier molecular flexibility index (Phi) is 2.36. The highest BCUT2D eigenvalue weighted by atomic mass is 32.2. The molecule has 0 aromatic heterocycles. The average molecular weight is 257 g/mol. The Balaban J connectivity index is 2.37. The number of rotatable bonds is 1. The van der Waals surface area contributed by atoms with E-state index in [1.807, 2.05) is 30.3 Å². The molecule has 3 nitrogen and oxygen atoms in total. The molecule has 3 aromatic carbocycles. The maximum Gasteiger partial charge on any atom is 0.294 e. The van der Waals surface area contributed by atoms with Crippen LogP contribution in [0.3, 0.4) is 0 Å². The maximum atomic E-state index is 11.1. The van der Waals surface area contributed by atoms with E-state index < -0.39 is 10.1 Å². The third-order valence-corrected chi connectivity index (χ3v) is 3.71. The lowest BCUT2D eigenvalue weighted by Crippen LogP contribution is -1.97. The smallest absolute Gasteiger partial charge is 0.282 e. The first-order chi connectivity index (χ1) is 8.54. The highest BCUT2D eigenvalue weighted by Crippen LogP contribution is 2.24. The van der Waals surface area contributed by atoms with Crippen molar-refractivity contribution in [2.24, 2.45) is 0 Å². The SMILES string of the molecule is O=S(=O)(O)c1ccc2cc3ccccc3[c]c2c1. The van der Waals surface area contributed by atoms with E-state index in [-0.39, 0.29) is 4.90 Å². The summed E-state index contributed by atoms with van der Waals surface area (Å²) in [6.07, 6.45) is 0. The lowest BCUT2D eigenvalue weighted by atomic mass is 10.0. The van der Waals surface area contributed by atoms with Gasteiger partial charge in [0.25, 0.3) is 10.1 Å². The molecule has 3 aromatic rings. The summed E-state index contributed by atoms with van der Waals surface area (Å²) in [6, 6.07) is 17.3. The van der Waals surface area contributed by atoms with E-state index in [9.17, 15) is 8.42 Å². The molecule has 0 saturated heterocycles. The molecule has 0 saturated carbocycles. The van der Waals surface area contributed by atoms with Gasteiger partial charge in [-0.1, -0.05) is 30.3 Å². The molecular weight excluding hydrogens is 248 g/mol. The van der Waals surface area contributed by atoms with E-state index in [0.717, 1.165) is 16.2 Å². The first-order valence-electron chi connectivity index (χ1n) is 5.36. The second kappa shape index (κ2) is 3.80. The van der Waals surface area contributed by atoms with Crippen LogP contribution in [0.4, 0.5) is 0 Å². The minimum atomic E-state index is -4.17. The van der Waals surface area contributed by atoms with Crippen molar-refractivity contribution in [3.63, 3.8) is 0 Å². The van der Waals surface area contributed by atoms with Crippen LogP contribution in [0.25, 0.3) is 21.5 Å². The largest absolute Gasteiger partial charge is 0.294 e. The second-order valence-electron chi connectivity index (χ2n) is 4.08. The molecule has 3 rings (SSSR count). The third kappa shape index (κ3) is 1.85. The molecule has 0 bridgehead atoms.